The molecule has 4 heteroatoms. The maximum Gasteiger partial charge on any atom is 0.249 e. The zero-order valence-corrected chi connectivity index (χ0v) is 21.1. The van der Waals surface area contributed by atoms with E-state index in [4.69, 9.17) is 9.47 Å². The molecule has 0 fully saturated rings. The Kier molecular flexibility index (Phi) is 8.29. The standard InChI is InChI=1S/C33H33NO3/c35-33(25-36-23-27-10-3-1-4-11-27)34(32-17-9-15-29-14-7-8-16-31(29)32)22-26-18-20-30(21-19-26)37-24-28-12-5-2-6-13-28/h1-8,10-14,16,18-21,32H,9,15,17,22-25H2. The molecule has 0 saturated heterocycles. The Bertz CT molecular complexity index is 1270. The van der Waals surface area contributed by atoms with Crippen molar-refractivity contribution >= 4 is 5.91 Å². The molecule has 4 aromatic rings. The number of nitrogens with zero attached hydrogens (tertiary/aromatic N) is 1. The van der Waals surface area contributed by atoms with Crippen LogP contribution in [0.5, 0.6) is 5.75 Å². The van der Waals surface area contributed by atoms with Crippen LogP contribution in [0.4, 0.5) is 0 Å². The van der Waals surface area contributed by atoms with Crippen molar-refractivity contribution in [3.63, 3.8) is 0 Å². The quantitative estimate of drug-likeness (QED) is 0.242. The highest BCUT2D eigenvalue weighted by Gasteiger charge is 2.29. The number of rotatable bonds is 10. The van der Waals surface area contributed by atoms with Crippen LogP contribution in [-0.4, -0.2) is 17.4 Å². The molecule has 0 N–H and O–H groups in total. The molecule has 1 unspecified atom stereocenters. The van der Waals surface area contributed by atoms with Crippen LogP contribution in [0.3, 0.4) is 0 Å². The van der Waals surface area contributed by atoms with Crippen molar-refractivity contribution in [3.05, 3.63) is 137 Å². The van der Waals surface area contributed by atoms with E-state index >= 15 is 0 Å². The SMILES string of the molecule is O=C(COCc1ccccc1)N(Cc1ccc(OCc2ccccc2)cc1)C1CCCc2ccccc21. The molecular formula is C33H33NO3. The molecule has 1 atom stereocenters. The molecular weight excluding hydrogens is 458 g/mol. The molecule has 0 radical (unpaired) electrons. The lowest BCUT2D eigenvalue weighted by Gasteiger charge is -2.36. The van der Waals surface area contributed by atoms with Crippen LogP contribution in [0.25, 0.3) is 0 Å². The van der Waals surface area contributed by atoms with Gasteiger partial charge in [0.2, 0.25) is 5.91 Å². The second kappa shape index (κ2) is 12.4. The minimum absolute atomic E-state index is 0.0158. The number of ether oxygens (including phenoxy) is 2. The van der Waals surface area contributed by atoms with E-state index in [0.29, 0.717) is 19.8 Å². The van der Waals surface area contributed by atoms with Gasteiger partial charge in [-0.25, -0.2) is 0 Å². The van der Waals surface area contributed by atoms with Gasteiger partial charge in [-0.05, 0) is 59.2 Å². The second-order valence-electron chi connectivity index (χ2n) is 9.53. The number of benzene rings is 4. The van der Waals surface area contributed by atoms with E-state index in [1.807, 2.05) is 65.6 Å². The highest BCUT2D eigenvalue weighted by Crippen LogP contribution is 2.35. The molecule has 5 rings (SSSR count). The highest BCUT2D eigenvalue weighted by atomic mass is 16.5. The van der Waals surface area contributed by atoms with Gasteiger partial charge in [-0.1, -0.05) is 97.1 Å². The molecule has 188 valence electrons. The number of carbonyl (C=O) groups is 1. The summed E-state index contributed by atoms with van der Waals surface area (Å²) in [6, 6.07) is 36.8. The van der Waals surface area contributed by atoms with E-state index in [1.165, 1.54) is 11.1 Å². The summed E-state index contributed by atoms with van der Waals surface area (Å²) < 4.78 is 11.8. The van der Waals surface area contributed by atoms with Crippen LogP contribution < -0.4 is 4.74 Å². The molecule has 1 amide bonds. The van der Waals surface area contributed by atoms with Crippen molar-refractivity contribution in [1.29, 1.82) is 0 Å². The molecule has 0 bridgehead atoms. The van der Waals surface area contributed by atoms with Crippen molar-refractivity contribution in [3.8, 4) is 5.75 Å². The van der Waals surface area contributed by atoms with Crippen LogP contribution in [0.15, 0.2) is 109 Å². The van der Waals surface area contributed by atoms with Gasteiger partial charge < -0.3 is 14.4 Å². The topological polar surface area (TPSA) is 38.8 Å². The van der Waals surface area contributed by atoms with Gasteiger partial charge in [0.15, 0.2) is 0 Å². The monoisotopic (exact) mass is 491 g/mol. The normalized spacial score (nSPS) is 14.5. The summed E-state index contributed by atoms with van der Waals surface area (Å²) in [5.74, 6) is 0.835. The lowest BCUT2D eigenvalue weighted by atomic mass is 9.86. The molecule has 1 aliphatic rings. The molecule has 1 aliphatic carbocycles. The second-order valence-corrected chi connectivity index (χ2v) is 9.53. The number of amides is 1. The molecule has 0 aromatic heterocycles. The van der Waals surface area contributed by atoms with Gasteiger partial charge in [-0.15, -0.1) is 0 Å². The zero-order valence-electron chi connectivity index (χ0n) is 21.1. The van der Waals surface area contributed by atoms with E-state index < -0.39 is 0 Å². The summed E-state index contributed by atoms with van der Waals surface area (Å²) in [6.45, 7) is 1.55. The van der Waals surface area contributed by atoms with Gasteiger partial charge in [0.05, 0.1) is 12.6 Å². The van der Waals surface area contributed by atoms with Gasteiger partial charge >= 0.3 is 0 Å². The molecule has 4 aromatic carbocycles. The third-order valence-corrected chi connectivity index (χ3v) is 6.90. The first-order chi connectivity index (χ1) is 18.3. The van der Waals surface area contributed by atoms with E-state index in [1.54, 1.807) is 0 Å². The molecule has 0 saturated carbocycles. The number of hydrogen-bond acceptors (Lipinski definition) is 3. The Labute approximate surface area is 219 Å². The summed E-state index contributed by atoms with van der Waals surface area (Å²) >= 11 is 0. The third-order valence-electron chi connectivity index (χ3n) is 6.90. The summed E-state index contributed by atoms with van der Waals surface area (Å²) in [5.41, 5.74) is 5.87. The van der Waals surface area contributed by atoms with E-state index in [2.05, 4.69) is 48.5 Å². The van der Waals surface area contributed by atoms with Crippen LogP contribution in [-0.2, 0) is 35.7 Å². The van der Waals surface area contributed by atoms with Crippen molar-refractivity contribution in [2.24, 2.45) is 0 Å². The largest absolute Gasteiger partial charge is 0.489 e. The van der Waals surface area contributed by atoms with Crippen LogP contribution in [0.2, 0.25) is 0 Å². The summed E-state index contributed by atoms with van der Waals surface area (Å²) in [6.07, 6.45) is 3.09. The van der Waals surface area contributed by atoms with Gasteiger partial charge in [-0.3, -0.25) is 4.79 Å². The fraction of sp³-hybridized carbons (Fsp3) is 0.242. The minimum atomic E-state index is 0.0158. The molecule has 0 aliphatic heterocycles. The Balaban J connectivity index is 1.29. The summed E-state index contributed by atoms with van der Waals surface area (Å²) in [4.78, 5) is 15.6. The predicted octanol–water partition coefficient (Wildman–Crippen LogP) is 6.89. The van der Waals surface area contributed by atoms with Crippen LogP contribution in [0, 0.1) is 0 Å². The van der Waals surface area contributed by atoms with Crippen LogP contribution in [0.1, 0.15) is 46.7 Å². The Morgan fingerprint density at radius 2 is 1.38 bits per heavy atom. The van der Waals surface area contributed by atoms with Crippen molar-refractivity contribution in [2.45, 2.75) is 45.1 Å². The Morgan fingerprint density at radius 3 is 2.11 bits per heavy atom. The minimum Gasteiger partial charge on any atom is -0.489 e. The predicted molar refractivity (Wildman–Crippen MR) is 146 cm³/mol. The van der Waals surface area contributed by atoms with E-state index in [9.17, 15) is 4.79 Å². The first-order valence-corrected chi connectivity index (χ1v) is 13.0. The number of fused-ring (bicyclic) bond motifs is 1. The van der Waals surface area contributed by atoms with Gasteiger partial charge in [-0.2, -0.15) is 0 Å². The maximum atomic E-state index is 13.5. The average molecular weight is 492 g/mol. The molecule has 37 heavy (non-hydrogen) atoms. The third kappa shape index (κ3) is 6.66. The highest BCUT2D eigenvalue weighted by molar-refractivity contribution is 5.78. The molecule has 4 nitrogen and oxygen atoms in total. The lowest BCUT2D eigenvalue weighted by molar-refractivity contribution is -0.140. The van der Waals surface area contributed by atoms with Gasteiger partial charge in [0.25, 0.3) is 0 Å². The van der Waals surface area contributed by atoms with Crippen LogP contribution >= 0.6 is 0 Å². The van der Waals surface area contributed by atoms with Crippen molar-refractivity contribution in [1.82, 2.24) is 4.90 Å². The first-order valence-electron chi connectivity index (χ1n) is 13.0. The van der Waals surface area contributed by atoms with Crippen molar-refractivity contribution in [2.75, 3.05) is 6.61 Å². The fourth-order valence-corrected chi connectivity index (χ4v) is 4.97. The Hall–Kier alpha value is -3.89. The number of carbonyl (C=O) groups excluding carboxylic acids is 1. The zero-order chi connectivity index (χ0) is 25.3. The van der Waals surface area contributed by atoms with Crippen molar-refractivity contribution < 1.29 is 14.3 Å². The number of aryl methyl sites for hydroxylation is 1. The fourth-order valence-electron chi connectivity index (χ4n) is 4.97. The Morgan fingerprint density at radius 1 is 0.730 bits per heavy atom. The molecule has 0 spiro atoms. The smallest absolute Gasteiger partial charge is 0.249 e. The average Bonchev–Trinajstić information content (AvgIpc) is 2.96. The van der Waals surface area contributed by atoms with Gasteiger partial charge in [0.1, 0.15) is 19.0 Å². The lowest BCUT2D eigenvalue weighted by Crippen LogP contribution is -2.38. The number of hydrogen-bond donors (Lipinski definition) is 0. The summed E-state index contributed by atoms with van der Waals surface area (Å²) in [5, 5.41) is 0. The van der Waals surface area contributed by atoms with E-state index in [0.717, 1.165) is 41.7 Å². The van der Waals surface area contributed by atoms with Gasteiger partial charge in [0, 0.05) is 6.54 Å². The summed E-state index contributed by atoms with van der Waals surface area (Å²) in [7, 11) is 0. The first kappa shape index (κ1) is 24.8. The van der Waals surface area contributed by atoms with E-state index in [-0.39, 0.29) is 18.6 Å². The maximum absolute atomic E-state index is 13.5. The molecule has 0 heterocycles.